The molecule has 0 saturated carbocycles. The molecule has 92 valence electrons. The second-order valence-electron chi connectivity index (χ2n) is 4.15. The normalized spacial score (nSPS) is 24.4. The van der Waals surface area contributed by atoms with Gasteiger partial charge in [0.25, 0.3) is 0 Å². The van der Waals surface area contributed by atoms with Gasteiger partial charge in [-0.2, -0.15) is 0 Å². The predicted octanol–water partition coefficient (Wildman–Crippen LogP) is 2.12. The molecule has 1 aromatic carbocycles. The molecule has 1 aliphatic heterocycles. The summed E-state index contributed by atoms with van der Waals surface area (Å²) in [7, 11) is 1.37. The maximum atomic E-state index is 12.9. The minimum absolute atomic E-state index is 0.0526. The van der Waals surface area contributed by atoms with Crippen molar-refractivity contribution in [3.8, 4) is 0 Å². The summed E-state index contributed by atoms with van der Waals surface area (Å²) in [5.74, 6) is -0.773. The Hall–Kier alpha value is -1.42. The van der Waals surface area contributed by atoms with E-state index in [1.165, 1.54) is 19.2 Å². The fourth-order valence-electron chi connectivity index (χ4n) is 2.23. The summed E-state index contributed by atoms with van der Waals surface area (Å²) in [5.41, 5.74) is 0.963. The van der Waals surface area contributed by atoms with Crippen LogP contribution in [0.5, 0.6) is 0 Å². The molecule has 0 spiro atoms. The van der Waals surface area contributed by atoms with E-state index in [-0.39, 0.29) is 23.6 Å². The van der Waals surface area contributed by atoms with Crippen molar-refractivity contribution in [2.24, 2.45) is 5.92 Å². The number of carbonyl (C=O) groups is 1. The second kappa shape index (κ2) is 5.27. The van der Waals surface area contributed by atoms with Crippen LogP contribution in [0.2, 0.25) is 0 Å². The summed E-state index contributed by atoms with van der Waals surface area (Å²) in [6.07, 6.45) is 0.755. The first-order valence-corrected chi connectivity index (χ1v) is 5.63. The summed E-state index contributed by atoms with van der Waals surface area (Å²) < 4.78 is 22.9. The van der Waals surface area contributed by atoms with Crippen LogP contribution in [0.25, 0.3) is 0 Å². The fraction of sp³-hybridized carbons (Fsp3) is 0.462. The minimum atomic E-state index is -0.292. The van der Waals surface area contributed by atoms with E-state index in [0.29, 0.717) is 13.2 Å². The zero-order valence-electron chi connectivity index (χ0n) is 9.69. The van der Waals surface area contributed by atoms with E-state index >= 15 is 0 Å². The molecule has 4 heteroatoms. The standard InChI is InChI=1S/C13H15FO3/c1-16-13(15)12-8-17-7-6-11(12)9-2-4-10(14)5-3-9/h2-5,11-12H,6-8H2,1H3/t11-,12-/m0/s1. The van der Waals surface area contributed by atoms with Crippen LogP contribution in [0.3, 0.4) is 0 Å². The lowest BCUT2D eigenvalue weighted by molar-refractivity contribution is -0.150. The molecule has 17 heavy (non-hydrogen) atoms. The van der Waals surface area contributed by atoms with Gasteiger partial charge in [-0.1, -0.05) is 12.1 Å². The molecule has 0 aliphatic carbocycles. The van der Waals surface area contributed by atoms with E-state index in [9.17, 15) is 9.18 Å². The summed E-state index contributed by atoms with van der Waals surface area (Å²) in [6.45, 7) is 0.990. The summed E-state index contributed by atoms with van der Waals surface area (Å²) >= 11 is 0. The molecule has 0 bridgehead atoms. The molecule has 1 aromatic rings. The molecule has 0 unspecified atom stereocenters. The number of ether oxygens (including phenoxy) is 2. The van der Waals surface area contributed by atoms with Gasteiger partial charge in [-0.25, -0.2) is 4.39 Å². The third-order valence-corrected chi connectivity index (χ3v) is 3.16. The van der Waals surface area contributed by atoms with Gasteiger partial charge in [0.05, 0.1) is 19.6 Å². The molecular weight excluding hydrogens is 223 g/mol. The Balaban J connectivity index is 2.21. The van der Waals surface area contributed by atoms with E-state index in [1.54, 1.807) is 12.1 Å². The number of methoxy groups -OCH3 is 1. The molecule has 0 radical (unpaired) electrons. The number of esters is 1. The first kappa shape index (κ1) is 12.0. The Kier molecular flexibility index (Phi) is 3.74. The Bertz CT molecular complexity index is 388. The molecular formula is C13H15FO3. The third kappa shape index (κ3) is 2.64. The summed E-state index contributed by atoms with van der Waals surface area (Å²) in [5, 5.41) is 0. The zero-order chi connectivity index (χ0) is 12.3. The van der Waals surface area contributed by atoms with Gasteiger partial charge in [0, 0.05) is 12.5 Å². The van der Waals surface area contributed by atoms with Crippen molar-refractivity contribution in [3.63, 3.8) is 0 Å². The highest BCUT2D eigenvalue weighted by Crippen LogP contribution is 2.32. The predicted molar refractivity (Wildman–Crippen MR) is 60.1 cm³/mol. The molecule has 3 nitrogen and oxygen atoms in total. The van der Waals surface area contributed by atoms with Gasteiger partial charge in [0.2, 0.25) is 0 Å². The van der Waals surface area contributed by atoms with E-state index in [4.69, 9.17) is 9.47 Å². The van der Waals surface area contributed by atoms with E-state index < -0.39 is 0 Å². The summed E-state index contributed by atoms with van der Waals surface area (Å²) in [4.78, 5) is 11.6. The second-order valence-corrected chi connectivity index (χ2v) is 4.15. The van der Waals surface area contributed by atoms with Crippen LogP contribution in [0, 0.1) is 11.7 Å². The maximum Gasteiger partial charge on any atom is 0.311 e. The molecule has 2 rings (SSSR count). The molecule has 1 aliphatic rings. The van der Waals surface area contributed by atoms with Gasteiger partial charge in [-0.3, -0.25) is 4.79 Å². The maximum absolute atomic E-state index is 12.9. The number of benzene rings is 1. The molecule has 1 fully saturated rings. The van der Waals surface area contributed by atoms with E-state index in [2.05, 4.69) is 0 Å². The third-order valence-electron chi connectivity index (χ3n) is 3.16. The quantitative estimate of drug-likeness (QED) is 0.740. The van der Waals surface area contributed by atoms with Crippen molar-refractivity contribution in [3.05, 3.63) is 35.6 Å². The molecule has 1 heterocycles. The van der Waals surface area contributed by atoms with Crippen molar-refractivity contribution in [1.29, 1.82) is 0 Å². The lowest BCUT2D eigenvalue weighted by Crippen LogP contribution is -2.33. The van der Waals surface area contributed by atoms with Gasteiger partial charge in [-0.15, -0.1) is 0 Å². The smallest absolute Gasteiger partial charge is 0.311 e. The number of rotatable bonds is 2. The Morgan fingerprint density at radius 3 is 2.76 bits per heavy atom. The SMILES string of the molecule is COC(=O)[C@H]1COCC[C@H]1c1ccc(F)cc1. The lowest BCUT2D eigenvalue weighted by atomic mass is 9.83. The van der Waals surface area contributed by atoms with E-state index in [1.807, 2.05) is 0 Å². The van der Waals surface area contributed by atoms with E-state index in [0.717, 1.165) is 12.0 Å². The molecule has 0 aromatic heterocycles. The van der Waals surface area contributed by atoms with Gasteiger partial charge in [0.1, 0.15) is 5.82 Å². The topological polar surface area (TPSA) is 35.5 Å². The van der Waals surface area contributed by atoms with Crippen LogP contribution in [0.1, 0.15) is 17.9 Å². The highest BCUT2D eigenvalue weighted by Gasteiger charge is 2.33. The van der Waals surface area contributed by atoms with Crippen molar-refractivity contribution >= 4 is 5.97 Å². The van der Waals surface area contributed by atoms with Gasteiger partial charge < -0.3 is 9.47 Å². The van der Waals surface area contributed by atoms with Crippen LogP contribution in [-0.2, 0) is 14.3 Å². The Labute approximate surface area is 99.5 Å². The van der Waals surface area contributed by atoms with Crippen LogP contribution < -0.4 is 0 Å². The van der Waals surface area contributed by atoms with Gasteiger partial charge in [0.15, 0.2) is 0 Å². The summed E-state index contributed by atoms with van der Waals surface area (Å²) in [6, 6.07) is 6.28. The average molecular weight is 238 g/mol. The minimum Gasteiger partial charge on any atom is -0.469 e. The van der Waals surface area contributed by atoms with Crippen molar-refractivity contribution in [2.45, 2.75) is 12.3 Å². The lowest BCUT2D eigenvalue weighted by Gasteiger charge is -2.29. The Morgan fingerprint density at radius 2 is 2.12 bits per heavy atom. The molecule has 1 saturated heterocycles. The van der Waals surface area contributed by atoms with Crippen LogP contribution in [-0.4, -0.2) is 26.3 Å². The Morgan fingerprint density at radius 1 is 1.41 bits per heavy atom. The zero-order valence-corrected chi connectivity index (χ0v) is 9.69. The van der Waals surface area contributed by atoms with Crippen LogP contribution >= 0.6 is 0 Å². The van der Waals surface area contributed by atoms with Crippen molar-refractivity contribution in [2.75, 3.05) is 20.3 Å². The largest absolute Gasteiger partial charge is 0.469 e. The molecule has 2 atom stereocenters. The first-order valence-electron chi connectivity index (χ1n) is 5.63. The van der Waals surface area contributed by atoms with Crippen LogP contribution in [0.15, 0.2) is 24.3 Å². The number of hydrogen-bond acceptors (Lipinski definition) is 3. The van der Waals surface area contributed by atoms with Gasteiger partial charge in [-0.05, 0) is 24.1 Å². The highest BCUT2D eigenvalue weighted by molar-refractivity contribution is 5.73. The van der Waals surface area contributed by atoms with Gasteiger partial charge >= 0.3 is 5.97 Å². The monoisotopic (exact) mass is 238 g/mol. The highest BCUT2D eigenvalue weighted by atomic mass is 19.1. The van der Waals surface area contributed by atoms with Crippen molar-refractivity contribution < 1.29 is 18.7 Å². The first-order chi connectivity index (χ1) is 8.22. The number of halogens is 1. The number of carbonyl (C=O) groups excluding carboxylic acids is 1. The van der Waals surface area contributed by atoms with Crippen molar-refractivity contribution in [1.82, 2.24) is 0 Å². The fourth-order valence-corrected chi connectivity index (χ4v) is 2.23. The average Bonchev–Trinajstić information content (AvgIpc) is 2.39. The number of hydrogen-bond donors (Lipinski definition) is 0. The molecule has 0 N–H and O–H groups in total. The molecule has 0 amide bonds. The van der Waals surface area contributed by atoms with Crippen LogP contribution in [0.4, 0.5) is 4.39 Å².